The minimum atomic E-state index is -0.612. The molecule has 2 unspecified atom stereocenters. The van der Waals surface area contributed by atoms with Gasteiger partial charge in [-0.05, 0) is 27.2 Å². The van der Waals surface area contributed by atoms with E-state index in [-0.39, 0.29) is 18.6 Å². The number of carbonyl (C=O) groups is 1. The van der Waals surface area contributed by atoms with E-state index in [4.69, 9.17) is 10.5 Å². The highest BCUT2D eigenvalue weighted by molar-refractivity contribution is 7.77. The predicted molar refractivity (Wildman–Crippen MR) is 74.4 cm³/mol. The van der Waals surface area contributed by atoms with E-state index in [1.807, 2.05) is 27.0 Å². The molecule has 104 valence electrons. The molecule has 0 bridgehead atoms. The fourth-order valence-corrected chi connectivity index (χ4v) is 2.48. The van der Waals surface area contributed by atoms with Crippen molar-refractivity contribution in [2.45, 2.75) is 38.9 Å². The number of rotatable bonds is 1. The third-order valence-corrected chi connectivity index (χ3v) is 3.61. The Bertz CT molecular complexity index is 339. The Balaban J connectivity index is 2.58. The lowest BCUT2D eigenvalue weighted by atomic mass is 9.94. The van der Waals surface area contributed by atoms with Crippen LogP contribution < -0.4 is 5.73 Å². The molecule has 1 aliphatic rings. The van der Waals surface area contributed by atoms with Gasteiger partial charge in [-0.2, -0.15) is 0 Å². The number of likely N-dealkylation sites (tertiary alicyclic amines) is 1. The van der Waals surface area contributed by atoms with Crippen LogP contribution in [-0.4, -0.2) is 52.1 Å². The van der Waals surface area contributed by atoms with Gasteiger partial charge in [0.2, 0.25) is 4.99 Å². The molecule has 0 aromatic heterocycles. The van der Waals surface area contributed by atoms with Gasteiger partial charge in [0, 0.05) is 6.54 Å². The number of aliphatic hydroxyl groups excluding tert-OH is 1. The number of β-amino-alcohol motifs (C(OH)–C–C–N with tert-alkyl or cyclic N) is 1. The van der Waals surface area contributed by atoms with Gasteiger partial charge < -0.3 is 14.7 Å². The van der Waals surface area contributed by atoms with Crippen molar-refractivity contribution in [3.63, 3.8) is 0 Å². The maximum atomic E-state index is 11.9. The molecule has 0 aliphatic carbocycles. The van der Waals surface area contributed by atoms with Gasteiger partial charge in [0.25, 0.3) is 0 Å². The first-order valence-electron chi connectivity index (χ1n) is 6.07. The van der Waals surface area contributed by atoms with Crippen LogP contribution in [0.3, 0.4) is 0 Å². The lowest BCUT2D eigenvalue weighted by Gasteiger charge is -2.35. The fraction of sp³-hybridized carbons (Fsp3) is 0.833. The number of aliphatic hydroxyl groups is 1. The first kappa shape index (κ1) is 15.3. The second-order valence-electron chi connectivity index (χ2n) is 5.50. The van der Waals surface area contributed by atoms with Crippen LogP contribution in [0.1, 0.15) is 27.2 Å². The molecule has 1 rings (SSSR count). The van der Waals surface area contributed by atoms with Crippen LogP contribution >= 0.6 is 0 Å². The third-order valence-electron chi connectivity index (χ3n) is 2.83. The smallest absolute Gasteiger partial charge is 0.410 e. The lowest BCUT2D eigenvalue weighted by Crippen LogP contribution is -2.51. The van der Waals surface area contributed by atoms with E-state index in [2.05, 4.69) is 0 Å². The third kappa shape index (κ3) is 4.19. The van der Waals surface area contributed by atoms with Gasteiger partial charge in [-0.15, -0.1) is 0 Å². The number of hydrogen-bond acceptors (Lipinski definition) is 3. The number of piperidine rings is 1. The lowest BCUT2D eigenvalue weighted by molar-refractivity contribution is -0.00292. The van der Waals surface area contributed by atoms with E-state index in [0.717, 1.165) is 4.99 Å². The summed E-state index contributed by atoms with van der Waals surface area (Å²) in [6, 6.07) is 0. The molecule has 1 saturated heterocycles. The van der Waals surface area contributed by atoms with E-state index >= 15 is 0 Å². The molecule has 0 saturated carbocycles. The predicted octanol–water partition coefficient (Wildman–Crippen LogP) is 0.405. The summed E-state index contributed by atoms with van der Waals surface area (Å²) in [4.78, 5) is 14.1. The molecule has 18 heavy (non-hydrogen) atoms. The topological polar surface area (TPSA) is 75.8 Å². The van der Waals surface area contributed by atoms with Gasteiger partial charge in [0.05, 0.1) is 18.6 Å². The zero-order valence-corrected chi connectivity index (χ0v) is 12.3. The first-order chi connectivity index (χ1) is 8.24. The Kier molecular flexibility index (Phi) is 5.07. The second-order valence-corrected chi connectivity index (χ2v) is 6.38. The summed E-state index contributed by atoms with van der Waals surface area (Å²) in [5.74, 6) is -0.0429. The molecule has 1 heterocycles. The summed E-state index contributed by atoms with van der Waals surface area (Å²) in [5, 5.41) is 10.0. The van der Waals surface area contributed by atoms with Crippen molar-refractivity contribution in [1.29, 1.82) is 0 Å². The highest BCUT2D eigenvalue weighted by Gasteiger charge is 2.36. The van der Waals surface area contributed by atoms with Gasteiger partial charge in [0.1, 0.15) is 5.60 Å². The largest absolute Gasteiger partial charge is 0.444 e. The van der Waals surface area contributed by atoms with Crippen molar-refractivity contribution >= 4 is 22.4 Å². The molecule has 2 atom stereocenters. The molecule has 0 spiro atoms. The summed E-state index contributed by atoms with van der Waals surface area (Å²) >= 11 is 1.45. The molecule has 3 N–H and O–H groups in total. The molecule has 0 radical (unpaired) electrons. The molecule has 5 nitrogen and oxygen atoms in total. The number of hydrogen-bond donors (Lipinski definition) is 2. The summed E-state index contributed by atoms with van der Waals surface area (Å²) in [6.45, 7) is 6.33. The summed E-state index contributed by atoms with van der Waals surface area (Å²) in [5.41, 5.74) is 5.34. The number of ether oxygens (including phenoxy) is 1. The van der Waals surface area contributed by atoms with Crippen LogP contribution in [0.25, 0.3) is 0 Å². The van der Waals surface area contributed by atoms with Crippen molar-refractivity contribution < 1.29 is 14.6 Å². The molecule has 0 aromatic carbocycles. The van der Waals surface area contributed by atoms with Crippen LogP contribution in [0.15, 0.2) is 0 Å². The zero-order chi connectivity index (χ0) is 13.9. The molecule has 6 heteroatoms. The summed E-state index contributed by atoms with van der Waals surface area (Å²) < 4.78 is 5.28. The highest BCUT2D eigenvalue weighted by atomic mass is 32.1. The maximum Gasteiger partial charge on any atom is 0.410 e. The van der Waals surface area contributed by atoms with E-state index in [1.54, 1.807) is 4.90 Å². The minimum Gasteiger partial charge on any atom is -0.444 e. The van der Waals surface area contributed by atoms with E-state index in [9.17, 15) is 9.90 Å². The molecular weight excluding hydrogens is 252 g/mol. The average Bonchev–Trinajstić information content (AvgIpc) is 2.25. The zero-order valence-electron chi connectivity index (χ0n) is 11.5. The van der Waals surface area contributed by atoms with Crippen molar-refractivity contribution in [1.82, 2.24) is 4.90 Å². The van der Waals surface area contributed by atoms with E-state index < -0.39 is 11.7 Å². The van der Waals surface area contributed by atoms with Crippen LogP contribution in [0.5, 0.6) is 0 Å². The van der Waals surface area contributed by atoms with Crippen molar-refractivity contribution in [3.05, 3.63) is 0 Å². The molecule has 1 fully saturated rings. The quantitative estimate of drug-likeness (QED) is 0.537. The van der Waals surface area contributed by atoms with Gasteiger partial charge in [-0.25, -0.2) is 4.79 Å². The van der Waals surface area contributed by atoms with Crippen LogP contribution in [0.2, 0.25) is 0 Å². The van der Waals surface area contributed by atoms with Crippen molar-refractivity contribution in [2.75, 3.05) is 19.3 Å². The van der Waals surface area contributed by atoms with Crippen LogP contribution in [0, 0.1) is 5.92 Å². The Morgan fingerprint density at radius 1 is 1.50 bits per heavy atom. The first-order valence-corrected chi connectivity index (χ1v) is 7.29. The van der Waals surface area contributed by atoms with Gasteiger partial charge in [-0.3, -0.25) is 5.73 Å². The summed E-state index contributed by atoms with van der Waals surface area (Å²) in [7, 11) is 0. The molecule has 0 aromatic rings. The highest BCUT2D eigenvalue weighted by Crippen LogP contribution is 2.20. The minimum absolute atomic E-state index is 0.0429. The maximum absolute atomic E-state index is 11.9. The van der Waals surface area contributed by atoms with E-state index in [1.165, 1.54) is 11.4 Å². The van der Waals surface area contributed by atoms with Crippen molar-refractivity contribution in [2.24, 2.45) is 11.7 Å². The Labute approximate surface area is 112 Å². The van der Waals surface area contributed by atoms with Gasteiger partial charge in [-0.1, -0.05) is 0 Å². The second kappa shape index (κ2) is 5.95. The molecular formula is C12H23N2O3S+. The molecule has 1 amide bonds. The Hall–Kier alpha value is -0.720. The Morgan fingerprint density at radius 3 is 2.56 bits per heavy atom. The van der Waals surface area contributed by atoms with Crippen molar-refractivity contribution in [3.8, 4) is 0 Å². The molecule has 1 aliphatic heterocycles. The van der Waals surface area contributed by atoms with Gasteiger partial charge in [0.15, 0.2) is 17.6 Å². The SMILES string of the molecule is C/[S+]=C(\N)C1CCN(C(=O)OC(C)(C)C)CC1O. The normalized spacial score (nSPS) is 26.1. The number of amides is 1. The fourth-order valence-electron chi connectivity index (χ4n) is 1.91. The van der Waals surface area contributed by atoms with Gasteiger partial charge >= 0.3 is 6.09 Å². The van der Waals surface area contributed by atoms with E-state index in [0.29, 0.717) is 13.0 Å². The Morgan fingerprint density at radius 2 is 2.11 bits per heavy atom. The van der Waals surface area contributed by atoms with Crippen LogP contribution in [-0.2, 0) is 16.1 Å². The monoisotopic (exact) mass is 275 g/mol. The standard InChI is InChI=1S/C12H23N2O3S/c1-12(2,3)17-11(16)14-6-5-8(9(15)7-14)10(13)18-4/h8-9,15H,5-7,13H2,1-4H3/q+1. The average molecular weight is 275 g/mol. The number of carbonyl (C=O) groups excluding carboxylic acids is 1. The number of nitrogens with zero attached hydrogens (tertiary/aromatic N) is 1. The summed E-state index contributed by atoms with van der Waals surface area (Å²) in [6.07, 6.45) is 1.58. The van der Waals surface area contributed by atoms with Crippen LogP contribution in [0.4, 0.5) is 4.79 Å². The number of nitrogens with two attached hydrogens (primary N) is 1.